The Morgan fingerprint density at radius 1 is 1.20 bits per heavy atom. The molecule has 2 aromatic rings. The first-order chi connectivity index (χ1) is 14.7. The molecule has 2 aliphatic rings. The summed E-state index contributed by atoms with van der Waals surface area (Å²) in [5.41, 5.74) is 4.40. The number of alkyl carbamates (subject to hydrolysis) is 1. The zero-order valence-electron chi connectivity index (χ0n) is 17.2. The second-order valence-electron chi connectivity index (χ2n) is 7.97. The summed E-state index contributed by atoms with van der Waals surface area (Å²) in [5, 5.41) is 2.92. The van der Waals surface area contributed by atoms with Gasteiger partial charge in [-0.15, -0.1) is 6.42 Å². The molecule has 0 spiro atoms. The molecular formula is C23H28N4O3. The summed E-state index contributed by atoms with van der Waals surface area (Å²) in [6.45, 7) is 3.33. The van der Waals surface area contributed by atoms with Gasteiger partial charge in [-0.3, -0.25) is 9.97 Å². The summed E-state index contributed by atoms with van der Waals surface area (Å²) in [4.78, 5) is 23.3. The van der Waals surface area contributed by atoms with E-state index in [1.807, 2.05) is 0 Å². The first-order valence-corrected chi connectivity index (χ1v) is 10.7. The lowest BCUT2D eigenvalue weighted by atomic mass is 9.82. The van der Waals surface area contributed by atoms with Crippen molar-refractivity contribution in [2.45, 2.75) is 38.1 Å². The molecule has 1 saturated heterocycles. The Kier molecular flexibility index (Phi) is 6.65. The van der Waals surface area contributed by atoms with Crippen LogP contribution in [0.4, 0.5) is 10.5 Å². The van der Waals surface area contributed by atoms with Crippen LogP contribution >= 0.6 is 0 Å². The normalized spacial score (nSPS) is 21.8. The predicted molar refractivity (Wildman–Crippen MR) is 115 cm³/mol. The van der Waals surface area contributed by atoms with E-state index in [1.165, 1.54) is 11.3 Å². The Bertz CT molecular complexity index is 912. The van der Waals surface area contributed by atoms with Gasteiger partial charge in [-0.25, -0.2) is 4.79 Å². The number of hydrogen-bond donors (Lipinski definition) is 1. The fourth-order valence-electron chi connectivity index (χ4n) is 4.43. The zero-order chi connectivity index (χ0) is 20.8. The molecule has 1 aliphatic carbocycles. The molecule has 0 unspecified atom stereocenters. The highest BCUT2D eigenvalue weighted by Gasteiger charge is 2.24. The number of benzene rings is 1. The van der Waals surface area contributed by atoms with Crippen LogP contribution in [-0.2, 0) is 15.9 Å². The fraction of sp³-hybridized carbons (Fsp3) is 0.522. The summed E-state index contributed by atoms with van der Waals surface area (Å²) in [6.07, 6.45) is 13.2. The molecule has 1 aromatic carbocycles. The summed E-state index contributed by atoms with van der Waals surface area (Å²) in [6, 6.07) is 4.58. The highest BCUT2D eigenvalue weighted by Crippen LogP contribution is 2.31. The van der Waals surface area contributed by atoms with E-state index >= 15 is 0 Å². The number of terminal acetylenes is 1. The third kappa shape index (κ3) is 5.00. The Morgan fingerprint density at radius 2 is 1.97 bits per heavy atom. The largest absolute Gasteiger partial charge is 0.436 e. The van der Waals surface area contributed by atoms with E-state index < -0.39 is 6.09 Å². The van der Waals surface area contributed by atoms with E-state index in [2.05, 4.69) is 38.2 Å². The zero-order valence-corrected chi connectivity index (χ0v) is 17.2. The van der Waals surface area contributed by atoms with E-state index in [0.717, 1.165) is 69.4 Å². The molecule has 1 saturated carbocycles. The first kappa shape index (κ1) is 20.4. The van der Waals surface area contributed by atoms with Crippen LogP contribution in [0.2, 0.25) is 0 Å². The molecule has 2 fully saturated rings. The SMILES string of the molecule is C#CCOC(=O)NC1CCC(Cc2cc(N3CCOCC3)cc3nccnc23)CC1. The Balaban J connectivity index is 1.42. The lowest BCUT2D eigenvalue weighted by Gasteiger charge is -2.31. The standard InChI is InChI=1S/C23H28N4O3/c1-2-11-30-23(28)26-19-5-3-17(4-6-19)14-18-15-20(27-9-12-29-13-10-27)16-21-22(18)25-8-7-24-21/h1,7-8,15-17,19H,3-6,9-14H2,(H,26,28). The number of nitrogens with one attached hydrogen (secondary N) is 1. The van der Waals surface area contributed by atoms with Crippen LogP contribution in [0.1, 0.15) is 31.2 Å². The minimum Gasteiger partial charge on any atom is -0.436 e. The van der Waals surface area contributed by atoms with Gasteiger partial charge in [0, 0.05) is 37.2 Å². The number of amides is 1. The molecule has 158 valence electrons. The van der Waals surface area contributed by atoms with Crippen molar-refractivity contribution in [2.75, 3.05) is 37.8 Å². The van der Waals surface area contributed by atoms with E-state index in [0.29, 0.717) is 5.92 Å². The maximum Gasteiger partial charge on any atom is 0.408 e. The van der Waals surface area contributed by atoms with Gasteiger partial charge in [0.25, 0.3) is 0 Å². The Labute approximate surface area is 177 Å². The van der Waals surface area contributed by atoms with Crippen LogP contribution in [-0.4, -0.2) is 55.0 Å². The van der Waals surface area contributed by atoms with E-state index in [-0.39, 0.29) is 12.6 Å². The molecule has 0 radical (unpaired) electrons. The van der Waals surface area contributed by atoms with Gasteiger partial charge in [-0.2, -0.15) is 0 Å². The van der Waals surface area contributed by atoms with Crippen molar-refractivity contribution in [2.24, 2.45) is 5.92 Å². The van der Waals surface area contributed by atoms with Crippen molar-refractivity contribution in [3.8, 4) is 12.3 Å². The van der Waals surface area contributed by atoms with Crippen LogP contribution < -0.4 is 10.2 Å². The van der Waals surface area contributed by atoms with Crippen molar-refractivity contribution in [3.63, 3.8) is 0 Å². The van der Waals surface area contributed by atoms with Crippen LogP contribution in [0.25, 0.3) is 11.0 Å². The molecule has 7 nitrogen and oxygen atoms in total. The topological polar surface area (TPSA) is 76.6 Å². The average Bonchev–Trinajstić information content (AvgIpc) is 2.79. The number of morpholine rings is 1. The molecule has 7 heteroatoms. The van der Waals surface area contributed by atoms with Gasteiger partial charge >= 0.3 is 6.09 Å². The molecule has 1 amide bonds. The summed E-state index contributed by atoms with van der Waals surface area (Å²) >= 11 is 0. The quantitative estimate of drug-likeness (QED) is 0.767. The fourth-order valence-corrected chi connectivity index (χ4v) is 4.43. The number of fused-ring (bicyclic) bond motifs is 1. The summed E-state index contributed by atoms with van der Waals surface area (Å²) in [5.74, 6) is 2.87. The third-order valence-electron chi connectivity index (χ3n) is 5.98. The van der Waals surface area contributed by atoms with Crippen LogP contribution in [0.3, 0.4) is 0 Å². The lowest BCUT2D eigenvalue weighted by molar-refractivity contribution is 0.122. The minimum absolute atomic E-state index is 0.00870. The summed E-state index contributed by atoms with van der Waals surface area (Å²) in [7, 11) is 0. The van der Waals surface area contributed by atoms with Crippen molar-refractivity contribution in [1.29, 1.82) is 0 Å². The molecule has 2 heterocycles. The Morgan fingerprint density at radius 3 is 2.73 bits per heavy atom. The van der Waals surface area contributed by atoms with Crippen molar-refractivity contribution >= 4 is 22.8 Å². The van der Waals surface area contributed by atoms with E-state index in [9.17, 15) is 4.79 Å². The molecule has 0 bridgehead atoms. The van der Waals surface area contributed by atoms with Gasteiger partial charge in [0.05, 0.1) is 24.2 Å². The van der Waals surface area contributed by atoms with Gasteiger partial charge in [0.15, 0.2) is 6.61 Å². The number of carbonyl (C=O) groups excluding carboxylic acids is 1. The highest BCUT2D eigenvalue weighted by atomic mass is 16.5. The summed E-state index contributed by atoms with van der Waals surface area (Å²) < 4.78 is 10.4. The second-order valence-corrected chi connectivity index (χ2v) is 7.97. The predicted octanol–water partition coefficient (Wildman–Crippen LogP) is 2.93. The number of carbonyl (C=O) groups is 1. The molecule has 4 rings (SSSR count). The number of hydrogen-bond acceptors (Lipinski definition) is 6. The Hall–Kier alpha value is -2.85. The monoisotopic (exact) mass is 408 g/mol. The van der Waals surface area contributed by atoms with E-state index in [1.54, 1.807) is 12.4 Å². The molecule has 30 heavy (non-hydrogen) atoms. The highest BCUT2D eigenvalue weighted by molar-refractivity contribution is 5.82. The van der Waals surface area contributed by atoms with Crippen LogP contribution in [0, 0.1) is 18.3 Å². The third-order valence-corrected chi connectivity index (χ3v) is 5.98. The molecule has 0 atom stereocenters. The van der Waals surface area contributed by atoms with Gasteiger partial charge in [-0.05, 0) is 55.7 Å². The van der Waals surface area contributed by atoms with Gasteiger partial charge in [0.2, 0.25) is 0 Å². The van der Waals surface area contributed by atoms with Gasteiger partial charge in [-0.1, -0.05) is 5.92 Å². The number of aromatic nitrogens is 2. The van der Waals surface area contributed by atoms with Crippen molar-refractivity contribution in [3.05, 3.63) is 30.1 Å². The maximum absolute atomic E-state index is 11.7. The van der Waals surface area contributed by atoms with Crippen LogP contribution in [0.5, 0.6) is 0 Å². The van der Waals surface area contributed by atoms with Crippen LogP contribution in [0.15, 0.2) is 24.5 Å². The second kappa shape index (κ2) is 9.77. The number of nitrogens with zero attached hydrogens (tertiary/aromatic N) is 3. The lowest BCUT2D eigenvalue weighted by Crippen LogP contribution is -2.38. The average molecular weight is 409 g/mol. The molecule has 1 aromatic heterocycles. The maximum atomic E-state index is 11.7. The molecular weight excluding hydrogens is 380 g/mol. The number of anilines is 1. The number of ether oxygens (including phenoxy) is 2. The van der Waals surface area contributed by atoms with Gasteiger partial charge in [0.1, 0.15) is 0 Å². The number of rotatable bonds is 5. The van der Waals surface area contributed by atoms with Gasteiger partial charge < -0.3 is 19.7 Å². The van der Waals surface area contributed by atoms with Crippen molar-refractivity contribution < 1.29 is 14.3 Å². The van der Waals surface area contributed by atoms with Crippen molar-refractivity contribution in [1.82, 2.24) is 15.3 Å². The molecule has 1 aliphatic heterocycles. The first-order valence-electron chi connectivity index (χ1n) is 10.7. The minimum atomic E-state index is -0.420. The molecule has 1 N–H and O–H groups in total. The van der Waals surface area contributed by atoms with E-state index in [4.69, 9.17) is 15.9 Å². The smallest absolute Gasteiger partial charge is 0.408 e.